The Morgan fingerprint density at radius 1 is 1.18 bits per heavy atom. The highest BCUT2D eigenvalue weighted by molar-refractivity contribution is 7.89. The molecule has 0 radical (unpaired) electrons. The number of anilines is 1. The number of carbonyl (C=O) groups is 2. The van der Waals surface area contributed by atoms with E-state index < -0.39 is 21.7 Å². The van der Waals surface area contributed by atoms with Gasteiger partial charge in [0.05, 0.1) is 4.90 Å². The Balaban J connectivity index is 2.90. The minimum absolute atomic E-state index is 0.0409. The van der Waals surface area contributed by atoms with Gasteiger partial charge >= 0.3 is 0 Å². The van der Waals surface area contributed by atoms with Crippen LogP contribution in [0.5, 0.6) is 0 Å². The molecule has 1 rings (SSSR count). The Morgan fingerprint density at radius 3 is 2.12 bits per heavy atom. The van der Waals surface area contributed by atoms with E-state index in [1.165, 1.54) is 24.3 Å². The molecule has 0 saturated heterocycles. The average molecular weight is 257 g/mol. The fraction of sp³-hybridized carbons (Fsp3) is 0.111. The number of hydrogen-bond acceptors (Lipinski definition) is 5. The van der Waals surface area contributed by atoms with Crippen LogP contribution < -0.4 is 16.0 Å². The van der Waals surface area contributed by atoms with Gasteiger partial charge in [0.25, 0.3) is 15.9 Å². The summed E-state index contributed by atoms with van der Waals surface area (Å²) in [4.78, 5) is 23.4. The second kappa shape index (κ2) is 5.04. The zero-order chi connectivity index (χ0) is 13.1. The SMILES string of the molecule is CC(=O)C(=O)Nc1ccc(S(=O)(=O)NN)cc1. The number of nitrogens with one attached hydrogen (secondary N) is 2. The largest absolute Gasteiger partial charge is 0.319 e. The average Bonchev–Trinajstić information content (AvgIpc) is 2.29. The van der Waals surface area contributed by atoms with Gasteiger partial charge in [-0.05, 0) is 24.3 Å². The second-order valence-corrected chi connectivity index (χ2v) is 4.87. The van der Waals surface area contributed by atoms with Crippen molar-refractivity contribution in [3.63, 3.8) is 0 Å². The van der Waals surface area contributed by atoms with Gasteiger partial charge in [0, 0.05) is 12.6 Å². The van der Waals surface area contributed by atoms with E-state index in [1.807, 2.05) is 0 Å². The molecule has 8 heteroatoms. The maximum atomic E-state index is 11.3. The van der Waals surface area contributed by atoms with Gasteiger partial charge < -0.3 is 5.32 Å². The zero-order valence-electron chi connectivity index (χ0n) is 8.93. The van der Waals surface area contributed by atoms with Crippen molar-refractivity contribution in [1.82, 2.24) is 4.83 Å². The number of nitrogens with two attached hydrogens (primary N) is 1. The van der Waals surface area contributed by atoms with Crippen LogP contribution in [0.3, 0.4) is 0 Å². The lowest BCUT2D eigenvalue weighted by Crippen LogP contribution is -2.30. The maximum absolute atomic E-state index is 11.3. The monoisotopic (exact) mass is 257 g/mol. The summed E-state index contributed by atoms with van der Waals surface area (Å²) in [6.45, 7) is 1.13. The summed E-state index contributed by atoms with van der Waals surface area (Å²) < 4.78 is 22.5. The maximum Gasteiger partial charge on any atom is 0.291 e. The number of Topliss-reactive ketones (excluding diaryl/α,β-unsaturated/α-hetero) is 1. The molecule has 7 nitrogen and oxygen atoms in total. The summed E-state index contributed by atoms with van der Waals surface area (Å²) in [6, 6.07) is 5.21. The number of hydrazine groups is 1. The highest BCUT2D eigenvalue weighted by atomic mass is 32.2. The Bertz CT molecular complexity index is 536. The Morgan fingerprint density at radius 2 is 1.71 bits per heavy atom. The third kappa shape index (κ3) is 3.34. The van der Waals surface area contributed by atoms with Crippen molar-refractivity contribution < 1.29 is 18.0 Å². The van der Waals surface area contributed by atoms with Gasteiger partial charge in [-0.1, -0.05) is 0 Å². The number of benzene rings is 1. The van der Waals surface area contributed by atoms with Crippen LogP contribution in [0.2, 0.25) is 0 Å². The van der Waals surface area contributed by atoms with E-state index in [1.54, 1.807) is 4.83 Å². The predicted molar refractivity (Wildman–Crippen MR) is 60.3 cm³/mol. The molecule has 0 heterocycles. The van der Waals surface area contributed by atoms with Crippen molar-refractivity contribution in [2.45, 2.75) is 11.8 Å². The molecule has 0 saturated carbocycles. The smallest absolute Gasteiger partial charge is 0.291 e. The minimum atomic E-state index is -3.71. The van der Waals surface area contributed by atoms with Crippen LogP contribution in [0.1, 0.15) is 6.92 Å². The predicted octanol–water partition coefficient (Wildman–Crippen LogP) is -0.634. The zero-order valence-corrected chi connectivity index (χ0v) is 9.74. The van der Waals surface area contributed by atoms with Crippen molar-refractivity contribution in [3.8, 4) is 0 Å². The summed E-state index contributed by atoms with van der Waals surface area (Å²) in [5, 5.41) is 2.30. The van der Waals surface area contributed by atoms with Gasteiger partial charge in [0.2, 0.25) is 5.78 Å². The van der Waals surface area contributed by atoms with Crippen LogP contribution in [0.15, 0.2) is 29.2 Å². The van der Waals surface area contributed by atoms with E-state index >= 15 is 0 Å². The molecule has 0 fully saturated rings. The Labute approximate surface area is 98.0 Å². The van der Waals surface area contributed by atoms with Crippen LogP contribution in [-0.2, 0) is 19.6 Å². The summed E-state index contributed by atoms with van der Waals surface area (Å²) >= 11 is 0. The lowest BCUT2D eigenvalue weighted by atomic mass is 10.3. The third-order valence-corrected chi connectivity index (χ3v) is 3.10. The van der Waals surface area contributed by atoms with Crippen LogP contribution >= 0.6 is 0 Å². The molecule has 0 spiro atoms. The van der Waals surface area contributed by atoms with Gasteiger partial charge in [0.15, 0.2) is 0 Å². The lowest BCUT2D eigenvalue weighted by Gasteiger charge is -2.05. The molecule has 17 heavy (non-hydrogen) atoms. The molecule has 0 atom stereocenters. The van der Waals surface area contributed by atoms with Crippen molar-refractivity contribution in [3.05, 3.63) is 24.3 Å². The molecule has 0 bridgehead atoms. The molecular weight excluding hydrogens is 246 g/mol. The highest BCUT2D eigenvalue weighted by Crippen LogP contribution is 2.13. The molecule has 1 amide bonds. The number of rotatable bonds is 4. The van der Waals surface area contributed by atoms with Crippen LogP contribution in [-0.4, -0.2) is 20.1 Å². The molecule has 0 aliphatic rings. The number of carbonyl (C=O) groups excluding carboxylic acids is 2. The van der Waals surface area contributed by atoms with E-state index in [4.69, 9.17) is 5.84 Å². The number of sulfonamides is 1. The van der Waals surface area contributed by atoms with Crippen molar-refractivity contribution >= 4 is 27.4 Å². The van der Waals surface area contributed by atoms with Crippen LogP contribution in [0.25, 0.3) is 0 Å². The Kier molecular flexibility index (Phi) is 3.94. The first-order chi connectivity index (χ1) is 7.86. The standard InChI is InChI=1S/C9H11N3O4S/c1-6(13)9(14)11-7-2-4-8(5-3-7)17(15,16)12-10/h2-5,12H,10H2,1H3,(H,11,14). The fourth-order valence-corrected chi connectivity index (χ4v) is 1.64. The molecule has 0 unspecified atom stereocenters. The number of amides is 1. The minimum Gasteiger partial charge on any atom is -0.319 e. The van der Waals surface area contributed by atoms with Gasteiger partial charge in [-0.15, -0.1) is 0 Å². The van der Waals surface area contributed by atoms with Gasteiger partial charge in [0.1, 0.15) is 0 Å². The lowest BCUT2D eigenvalue weighted by molar-refractivity contribution is -0.133. The van der Waals surface area contributed by atoms with E-state index in [0.29, 0.717) is 5.69 Å². The van der Waals surface area contributed by atoms with Gasteiger partial charge in [-0.3, -0.25) is 15.4 Å². The normalized spacial score (nSPS) is 10.9. The van der Waals surface area contributed by atoms with E-state index in [-0.39, 0.29) is 4.90 Å². The van der Waals surface area contributed by atoms with Crippen LogP contribution in [0.4, 0.5) is 5.69 Å². The number of hydrogen-bond donors (Lipinski definition) is 3. The second-order valence-electron chi connectivity index (χ2n) is 3.16. The molecular formula is C9H11N3O4S. The molecule has 0 aromatic heterocycles. The molecule has 4 N–H and O–H groups in total. The molecule has 1 aromatic carbocycles. The van der Waals surface area contributed by atoms with E-state index in [0.717, 1.165) is 6.92 Å². The molecule has 0 aliphatic carbocycles. The van der Waals surface area contributed by atoms with E-state index in [9.17, 15) is 18.0 Å². The fourth-order valence-electron chi connectivity index (χ4n) is 1.00. The van der Waals surface area contributed by atoms with E-state index in [2.05, 4.69) is 5.32 Å². The topological polar surface area (TPSA) is 118 Å². The van der Waals surface area contributed by atoms with Crippen molar-refractivity contribution in [1.29, 1.82) is 0 Å². The summed E-state index contributed by atoms with van der Waals surface area (Å²) in [6.07, 6.45) is 0. The van der Waals surface area contributed by atoms with Gasteiger partial charge in [-0.2, -0.15) is 4.83 Å². The first kappa shape index (κ1) is 13.3. The molecule has 1 aromatic rings. The summed E-state index contributed by atoms with van der Waals surface area (Å²) in [5.74, 6) is 3.44. The summed E-state index contributed by atoms with van der Waals surface area (Å²) in [7, 11) is -3.71. The third-order valence-electron chi connectivity index (χ3n) is 1.90. The van der Waals surface area contributed by atoms with Gasteiger partial charge in [-0.25, -0.2) is 8.42 Å². The first-order valence-electron chi connectivity index (χ1n) is 4.51. The number of ketones is 1. The molecule has 92 valence electrons. The highest BCUT2D eigenvalue weighted by Gasteiger charge is 2.12. The summed E-state index contributed by atoms with van der Waals surface area (Å²) in [5.41, 5.74) is 0.321. The Hall–Kier alpha value is -1.77. The quantitative estimate of drug-likeness (QED) is 0.377. The first-order valence-corrected chi connectivity index (χ1v) is 5.99. The van der Waals surface area contributed by atoms with Crippen LogP contribution in [0, 0.1) is 0 Å². The van der Waals surface area contributed by atoms with Crippen molar-refractivity contribution in [2.24, 2.45) is 5.84 Å². The van der Waals surface area contributed by atoms with Crippen molar-refractivity contribution in [2.75, 3.05) is 5.32 Å². The molecule has 0 aliphatic heterocycles.